The van der Waals surface area contributed by atoms with Crippen molar-refractivity contribution in [2.24, 2.45) is 0 Å². The van der Waals surface area contributed by atoms with E-state index >= 15 is 0 Å². The minimum absolute atomic E-state index is 0.539. The molecule has 116 valence electrons. The molecule has 0 saturated carbocycles. The molecule has 1 aromatic carbocycles. The molecule has 3 N–H and O–H groups in total. The third-order valence-corrected chi connectivity index (χ3v) is 3.46. The molecule has 0 aliphatic rings. The highest BCUT2D eigenvalue weighted by atomic mass is 32.1. The van der Waals surface area contributed by atoms with Gasteiger partial charge in [0.15, 0.2) is 5.11 Å². The molecule has 0 atom stereocenters. The summed E-state index contributed by atoms with van der Waals surface area (Å²) in [6, 6.07) is 14.1. The first kappa shape index (κ1) is 16.2. The minimum Gasteiger partial charge on any atom is -0.368 e. The van der Waals surface area contributed by atoms with Crippen molar-refractivity contribution >= 4 is 28.8 Å². The molecule has 4 nitrogen and oxygen atoms in total. The Hall–Kier alpha value is -2.14. The third kappa shape index (κ3) is 5.33. The Morgan fingerprint density at radius 3 is 2.50 bits per heavy atom. The van der Waals surface area contributed by atoms with E-state index < -0.39 is 0 Å². The van der Waals surface area contributed by atoms with Gasteiger partial charge in [0.2, 0.25) is 0 Å². The molecule has 0 fully saturated rings. The number of aromatic nitrogens is 1. The van der Waals surface area contributed by atoms with Gasteiger partial charge in [-0.3, -0.25) is 0 Å². The van der Waals surface area contributed by atoms with Crippen LogP contribution in [0.2, 0.25) is 0 Å². The van der Waals surface area contributed by atoms with E-state index in [0.29, 0.717) is 11.0 Å². The highest BCUT2D eigenvalue weighted by Crippen LogP contribution is 2.16. The maximum atomic E-state index is 5.28. The molecule has 0 bridgehead atoms. The van der Waals surface area contributed by atoms with Crippen LogP contribution in [-0.2, 0) is 0 Å². The Labute approximate surface area is 137 Å². The van der Waals surface area contributed by atoms with E-state index in [1.54, 1.807) is 6.20 Å². The van der Waals surface area contributed by atoms with E-state index in [0.717, 1.165) is 24.6 Å². The van der Waals surface area contributed by atoms with Crippen molar-refractivity contribution in [3.8, 4) is 0 Å². The quantitative estimate of drug-likeness (QED) is 0.562. The van der Waals surface area contributed by atoms with Crippen LogP contribution < -0.4 is 16.0 Å². The average molecular weight is 314 g/mol. The highest BCUT2D eigenvalue weighted by Gasteiger charge is 2.00. The zero-order valence-corrected chi connectivity index (χ0v) is 13.8. The minimum atomic E-state index is 0.539. The smallest absolute Gasteiger partial charge is 0.170 e. The summed E-state index contributed by atoms with van der Waals surface area (Å²) in [4.78, 5) is 4.20. The van der Waals surface area contributed by atoms with E-state index in [1.807, 2.05) is 18.2 Å². The summed E-state index contributed by atoms with van der Waals surface area (Å²) in [5, 5.41) is 10.2. The van der Waals surface area contributed by atoms with Crippen LogP contribution in [0.4, 0.5) is 11.5 Å². The summed E-state index contributed by atoms with van der Waals surface area (Å²) in [7, 11) is 0. The first-order chi connectivity index (χ1) is 10.6. The van der Waals surface area contributed by atoms with Gasteiger partial charge in [-0.25, -0.2) is 4.98 Å². The molecule has 0 aliphatic carbocycles. The highest BCUT2D eigenvalue weighted by molar-refractivity contribution is 7.80. The fourth-order valence-corrected chi connectivity index (χ4v) is 2.18. The molecule has 5 heteroatoms. The van der Waals surface area contributed by atoms with Gasteiger partial charge in [0.25, 0.3) is 0 Å². The number of pyridine rings is 1. The van der Waals surface area contributed by atoms with Gasteiger partial charge in [-0.05, 0) is 48.0 Å². The Balaban J connectivity index is 1.69. The molecule has 2 aromatic rings. The Morgan fingerprint density at radius 1 is 1.09 bits per heavy atom. The molecule has 0 radical (unpaired) electrons. The first-order valence-corrected chi connectivity index (χ1v) is 7.85. The van der Waals surface area contributed by atoms with Crippen LogP contribution in [-0.4, -0.2) is 23.2 Å². The van der Waals surface area contributed by atoms with Gasteiger partial charge in [-0.15, -0.1) is 0 Å². The summed E-state index contributed by atoms with van der Waals surface area (Å²) in [5.74, 6) is 1.41. The van der Waals surface area contributed by atoms with Crippen LogP contribution in [0.15, 0.2) is 48.7 Å². The van der Waals surface area contributed by atoms with Crippen molar-refractivity contribution in [2.45, 2.75) is 19.8 Å². The van der Waals surface area contributed by atoms with Crippen LogP contribution in [0.3, 0.4) is 0 Å². The number of rotatable bonds is 6. The van der Waals surface area contributed by atoms with Gasteiger partial charge >= 0.3 is 0 Å². The van der Waals surface area contributed by atoms with Gasteiger partial charge in [0.05, 0.1) is 0 Å². The predicted octanol–water partition coefficient (Wildman–Crippen LogP) is 3.60. The van der Waals surface area contributed by atoms with E-state index in [9.17, 15) is 0 Å². The molecule has 0 amide bonds. The molecular weight excluding hydrogens is 292 g/mol. The lowest BCUT2D eigenvalue weighted by molar-refractivity contribution is 0.867. The average Bonchev–Trinajstić information content (AvgIpc) is 2.53. The maximum absolute atomic E-state index is 5.28. The number of nitrogens with zero attached hydrogens (tertiary/aromatic N) is 1. The fourth-order valence-electron chi connectivity index (χ4n) is 1.96. The van der Waals surface area contributed by atoms with Gasteiger partial charge in [0, 0.05) is 25.0 Å². The van der Waals surface area contributed by atoms with Crippen molar-refractivity contribution in [1.82, 2.24) is 10.3 Å². The van der Waals surface area contributed by atoms with Crippen LogP contribution in [0.1, 0.15) is 25.3 Å². The molecule has 0 spiro atoms. The van der Waals surface area contributed by atoms with Crippen LogP contribution in [0.5, 0.6) is 0 Å². The lowest BCUT2D eigenvalue weighted by Gasteiger charge is -2.12. The SMILES string of the molecule is CC(C)c1ccc(NC(=S)NCCNc2ccccn2)cc1. The van der Waals surface area contributed by atoms with Gasteiger partial charge in [-0.1, -0.05) is 32.0 Å². The summed E-state index contributed by atoms with van der Waals surface area (Å²) in [6.45, 7) is 5.85. The summed E-state index contributed by atoms with van der Waals surface area (Å²) in [6.07, 6.45) is 1.77. The number of hydrogen-bond donors (Lipinski definition) is 3. The maximum Gasteiger partial charge on any atom is 0.170 e. The van der Waals surface area contributed by atoms with E-state index in [-0.39, 0.29) is 0 Å². The largest absolute Gasteiger partial charge is 0.368 e. The molecule has 0 unspecified atom stereocenters. The van der Waals surface area contributed by atoms with Crippen molar-refractivity contribution in [3.05, 3.63) is 54.2 Å². The lowest BCUT2D eigenvalue weighted by Crippen LogP contribution is -2.32. The molecular formula is C17H22N4S. The van der Waals surface area contributed by atoms with E-state index in [1.165, 1.54) is 5.56 Å². The molecule has 1 heterocycles. The lowest BCUT2D eigenvalue weighted by atomic mass is 10.0. The molecule has 0 aliphatic heterocycles. The van der Waals surface area contributed by atoms with Gasteiger partial charge in [0.1, 0.15) is 5.82 Å². The van der Waals surface area contributed by atoms with Crippen LogP contribution in [0, 0.1) is 0 Å². The second-order valence-electron chi connectivity index (χ2n) is 5.30. The molecule has 1 aromatic heterocycles. The third-order valence-electron chi connectivity index (χ3n) is 3.22. The predicted molar refractivity (Wildman–Crippen MR) is 97.5 cm³/mol. The van der Waals surface area contributed by atoms with Crippen molar-refractivity contribution in [3.63, 3.8) is 0 Å². The monoisotopic (exact) mass is 314 g/mol. The van der Waals surface area contributed by atoms with Crippen molar-refractivity contribution < 1.29 is 0 Å². The number of thiocarbonyl (C=S) groups is 1. The zero-order valence-electron chi connectivity index (χ0n) is 13.0. The normalized spacial score (nSPS) is 10.3. The number of anilines is 2. The Bertz CT molecular complexity index is 581. The second-order valence-corrected chi connectivity index (χ2v) is 5.71. The van der Waals surface area contributed by atoms with Gasteiger partial charge in [-0.2, -0.15) is 0 Å². The van der Waals surface area contributed by atoms with E-state index in [2.05, 4.69) is 59.0 Å². The first-order valence-electron chi connectivity index (χ1n) is 7.45. The van der Waals surface area contributed by atoms with Crippen LogP contribution in [0.25, 0.3) is 0 Å². The summed E-state index contributed by atoms with van der Waals surface area (Å²) >= 11 is 5.28. The second kappa shape index (κ2) is 8.34. The molecule has 22 heavy (non-hydrogen) atoms. The molecule has 2 rings (SSSR count). The summed E-state index contributed by atoms with van der Waals surface area (Å²) in [5.41, 5.74) is 2.32. The Morgan fingerprint density at radius 2 is 1.86 bits per heavy atom. The number of hydrogen-bond acceptors (Lipinski definition) is 3. The van der Waals surface area contributed by atoms with E-state index in [4.69, 9.17) is 12.2 Å². The van der Waals surface area contributed by atoms with Crippen LogP contribution >= 0.6 is 12.2 Å². The van der Waals surface area contributed by atoms with Crippen molar-refractivity contribution in [2.75, 3.05) is 23.7 Å². The van der Waals surface area contributed by atoms with Gasteiger partial charge < -0.3 is 16.0 Å². The zero-order chi connectivity index (χ0) is 15.8. The standard InChI is InChI=1S/C17H22N4S/c1-13(2)14-6-8-15(9-7-14)21-17(22)20-12-11-19-16-5-3-4-10-18-16/h3-10,13H,11-12H2,1-2H3,(H,18,19)(H2,20,21,22). The molecule has 0 saturated heterocycles. The number of nitrogens with one attached hydrogen (secondary N) is 3. The number of benzene rings is 1. The van der Waals surface area contributed by atoms with Crippen molar-refractivity contribution in [1.29, 1.82) is 0 Å². The fraction of sp³-hybridized carbons (Fsp3) is 0.294. The Kier molecular flexibility index (Phi) is 6.15. The topological polar surface area (TPSA) is 49.0 Å². The summed E-state index contributed by atoms with van der Waals surface area (Å²) < 4.78 is 0.